The molecule has 122 valence electrons. The molecule has 2 aromatic carbocycles. The Morgan fingerprint density at radius 1 is 1.21 bits per heavy atom. The number of aromatic nitrogens is 2. The summed E-state index contributed by atoms with van der Waals surface area (Å²) in [7, 11) is 1.52. The number of H-pyrrole nitrogens is 1. The van der Waals surface area contributed by atoms with Crippen LogP contribution in [-0.4, -0.2) is 28.1 Å². The highest BCUT2D eigenvalue weighted by molar-refractivity contribution is 6.31. The molecule has 0 radical (unpaired) electrons. The Morgan fingerprint density at radius 2 is 1.92 bits per heavy atom. The minimum Gasteiger partial charge on any atom is -0.336 e. The largest absolute Gasteiger partial charge is 0.336 e. The lowest BCUT2D eigenvalue weighted by atomic mass is 10.1. The predicted octanol–water partition coefficient (Wildman–Crippen LogP) is 2.99. The Kier molecular flexibility index (Phi) is 4.31. The summed E-state index contributed by atoms with van der Waals surface area (Å²) in [6.45, 7) is -0.0144. The van der Waals surface area contributed by atoms with Crippen molar-refractivity contribution in [1.29, 1.82) is 0 Å². The molecule has 24 heavy (non-hydrogen) atoms. The van der Waals surface area contributed by atoms with Gasteiger partial charge in [0.1, 0.15) is 5.82 Å². The molecule has 5 nitrogen and oxygen atoms in total. The van der Waals surface area contributed by atoms with Gasteiger partial charge in [0.25, 0.3) is 11.5 Å². The summed E-state index contributed by atoms with van der Waals surface area (Å²) in [5, 5.41) is 7.23. The molecule has 1 N–H and O–H groups in total. The van der Waals surface area contributed by atoms with Gasteiger partial charge in [0, 0.05) is 23.0 Å². The van der Waals surface area contributed by atoms with E-state index in [1.54, 1.807) is 30.3 Å². The van der Waals surface area contributed by atoms with Gasteiger partial charge in [-0.2, -0.15) is 5.10 Å². The maximum atomic E-state index is 13.9. The smallest absolute Gasteiger partial charge is 0.274 e. The molecule has 7 heteroatoms. The van der Waals surface area contributed by atoms with Crippen molar-refractivity contribution in [1.82, 2.24) is 15.1 Å². The van der Waals surface area contributed by atoms with E-state index in [0.29, 0.717) is 10.8 Å². The lowest BCUT2D eigenvalue weighted by Gasteiger charge is -2.18. The Labute approximate surface area is 141 Å². The summed E-state index contributed by atoms with van der Waals surface area (Å²) in [6, 6.07) is 11.0. The monoisotopic (exact) mass is 345 g/mol. The van der Waals surface area contributed by atoms with Gasteiger partial charge in [-0.15, -0.1) is 0 Å². The van der Waals surface area contributed by atoms with Crippen molar-refractivity contribution >= 4 is 28.3 Å². The quantitative estimate of drug-likeness (QED) is 0.793. The molecule has 0 saturated heterocycles. The second-order valence-corrected chi connectivity index (χ2v) is 5.72. The van der Waals surface area contributed by atoms with Gasteiger partial charge >= 0.3 is 0 Å². The molecule has 0 aliphatic heterocycles. The molecular formula is C17H13ClFN3O2. The number of nitrogens with zero attached hydrogens (tertiary/aromatic N) is 2. The van der Waals surface area contributed by atoms with Gasteiger partial charge in [-0.05, 0) is 18.2 Å². The van der Waals surface area contributed by atoms with E-state index >= 15 is 0 Å². The van der Waals surface area contributed by atoms with E-state index in [9.17, 15) is 14.0 Å². The van der Waals surface area contributed by atoms with Crippen molar-refractivity contribution in [3.63, 3.8) is 0 Å². The van der Waals surface area contributed by atoms with Crippen molar-refractivity contribution < 1.29 is 9.18 Å². The first-order valence-electron chi connectivity index (χ1n) is 7.15. The number of hydrogen-bond donors (Lipinski definition) is 1. The highest BCUT2D eigenvalue weighted by atomic mass is 35.5. The van der Waals surface area contributed by atoms with E-state index in [1.807, 2.05) is 0 Å². The van der Waals surface area contributed by atoms with E-state index in [4.69, 9.17) is 11.6 Å². The number of nitrogens with one attached hydrogen (secondary N) is 1. The van der Waals surface area contributed by atoms with Crippen LogP contribution in [0.3, 0.4) is 0 Å². The second kappa shape index (κ2) is 6.41. The number of fused-ring (bicyclic) bond motifs is 1. The van der Waals surface area contributed by atoms with Gasteiger partial charge in [0.05, 0.1) is 11.9 Å². The molecule has 0 aliphatic rings. The first kappa shape index (κ1) is 16.1. The number of amides is 1. The maximum Gasteiger partial charge on any atom is 0.274 e. The van der Waals surface area contributed by atoms with Gasteiger partial charge in [-0.25, -0.2) is 9.49 Å². The van der Waals surface area contributed by atoms with Crippen LogP contribution in [0.1, 0.15) is 16.1 Å². The van der Waals surface area contributed by atoms with Crippen LogP contribution in [0.25, 0.3) is 10.8 Å². The van der Waals surface area contributed by atoms with E-state index in [-0.39, 0.29) is 28.4 Å². The number of carbonyl (C=O) groups excluding carboxylic acids is 1. The molecule has 0 aliphatic carbocycles. The molecule has 0 bridgehead atoms. The molecule has 1 aromatic heterocycles. The molecule has 0 fully saturated rings. The summed E-state index contributed by atoms with van der Waals surface area (Å²) in [5.41, 5.74) is -0.0501. The van der Waals surface area contributed by atoms with Crippen LogP contribution >= 0.6 is 11.6 Å². The van der Waals surface area contributed by atoms with Crippen LogP contribution in [-0.2, 0) is 6.54 Å². The SMILES string of the molecule is CN(Cc1c(F)cccc1Cl)C(=O)c1n[nH]c(=O)c2ccccc12. The van der Waals surface area contributed by atoms with Crippen molar-refractivity contribution in [2.24, 2.45) is 0 Å². The number of benzene rings is 2. The number of rotatable bonds is 3. The van der Waals surface area contributed by atoms with Gasteiger partial charge < -0.3 is 4.90 Å². The van der Waals surface area contributed by atoms with E-state index in [0.717, 1.165) is 0 Å². The lowest BCUT2D eigenvalue weighted by molar-refractivity contribution is 0.0779. The molecule has 1 heterocycles. The zero-order valence-electron chi connectivity index (χ0n) is 12.7. The number of halogens is 2. The third-order valence-electron chi connectivity index (χ3n) is 3.70. The summed E-state index contributed by atoms with van der Waals surface area (Å²) in [6.07, 6.45) is 0. The summed E-state index contributed by atoms with van der Waals surface area (Å²) in [5.74, 6) is -0.928. The maximum absolute atomic E-state index is 13.9. The van der Waals surface area contributed by atoms with Crippen molar-refractivity contribution in [3.05, 3.63) is 74.9 Å². The number of hydrogen-bond acceptors (Lipinski definition) is 3. The van der Waals surface area contributed by atoms with Crippen molar-refractivity contribution in [3.8, 4) is 0 Å². The topological polar surface area (TPSA) is 66.1 Å². The second-order valence-electron chi connectivity index (χ2n) is 5.31. The average molecular weight is 346 g/mol. The molecule has 0 atom stereocenters. The predicted molar refractivity (Wildman–Crippen MR) is 89.6 cm³/mol. The first-order valence-corrected chi connectivity index (χ1v) is 7.52. The van der Waals surface area contributed by atoms with Gasteiger partial charge in [-0.3, -0.25) is 9.59 Å². The zero-order chi connectivity index (χ0) is 17.3. The zero-order valence-corrected chi connectivity index (χ0v) is 13.5. The number of aromatic amines is 1. The van der Waals surface area contributed by atoms with Gasteiger partial charge in [0.15, 0.2) is 5.69 Å². The highest BCUT2D eigenvalue weighted by Crippen LogP contribution is 2.21. The third-order valence-corrected chi connectivity index (χ3v) is 4.06. The minimum absolute atomic E-state index is 0.0144. The normalized spacial score (nSPS) is 10.8. The lowest BCUT2D eigenvalue weighted by Crippen LogP contribution is -2.29. The molecule has 0 spiro atoms. The number of carbonyl (C=O) groups is 1. The molecule has 3 aromatic rings. The Hall–Kier alpha value is -2.73. The van der Waals surface area contributed by atoms with E-state index < -0.39 is 11.7 Å². The van der Waals surface area contributed by atoms with Crippen LogP contribution in [0, 0.1) is 5.82 Å². The van der Waals surface area contributed by atoms with Gasteiger partial charge in [0.2, 0.25) is 0 Å². The molecule has 0 unspecified atom stereocenters. The van der Waals surface area contributed by atoms with Crippen LogP contribution < -0.4 is 5.56 Å². The molecular weight excluding hydrogens is 333 g/mol. The van der Waals surface area contributed by atoms with Crippen LogP contribution in [0.2, 0.25) is 5.02 Å². The highest BCUT2D eigenvalue weighted by Gasteiger charge is 2.20. The fraction of sp³-hybridized carbons (Fsp3) is 0.118. The van der Waals surface area contributed by atoms with Crippen LogP contribution in [0.4, 0.5) is 4.39 Å². The Balaban J connectivity index is 1.98. The van der Waals surface area contributed by atoms with E-state index in [2.05, 4.69) is 10.2 Å². The fourth-order valence-electron chi connectivity index (χ4n) is 2.45. The molecule has 1 amide bonds. The van der Waals surface area contributed by atoms with Crippen LogP contribution in [0.5, 0.6) is 0 Å². The summed E-state index contributed by atoms with van der Waals surface area (Å²) in [4.78, 5) is 25.8. The Morgan fingerprint density at radius 3 is 2.62 bits per heavy atom. The Bertz CT molecular complexity index is 967. The minimum atomic E-state index is -0.485. The first-order chi connectivity index (χ1) is 11.5. The standard InChI is InChI=1S/C17H13ClFN3O2/c1-22(9-12-13(18)7-4-8-14(12)19)17(24)15-10-5-2-3-6-11(10)16(23)21-20-15/h2-8H,9H2,1H3,(H,21,23). The molecule has 0 saturated carbocycles. The van der Waals surface area contributed by atoms with Crippen molar-refractivity contribution in [2.75, 3.05) is 7.05 Å². The van der Waals surface area contributed by atoms with Crippen molar-refractivity contribution in [2.45, 2.75) is 6.54 Å². The summed E-state index contributed by atoms with van der Waals surface area (Å²) >= 11 is 6.00. The third kappa shape index (κ3) is 2.88. The fourth-order valence-corrected chi connectivity index (χ4v) is 2.67. The molecule has 3 rings (SSSR count). The van der Waals surface area contributed by atoms with Crippen LogP contribution in [0.15, 0.2) is 47.3 Å². The summed E-state index contributed by atoms with van der Waals surface area (Å²) < 4.78 is 13.9. The van der Waals surface area contributed by atoms with Gasteiger partial charge in [-0.1, -0.05) is 35.9 Å². The average Bonchev–Trinajstić information content (AvgIpc) is 2.58. The van der Waals surface area contributed by atoms with E-state index in [1.165, 1.54) is 24.1 Å².